The van der Waals surface area contributed by atoms with Gasteiger partial charge in [-0.05, 0) is 31.2 Å². The van der Waals surface area contributed by atoms with Crippen LogP contribution in [0.1, 0.15) is 41.1 Å². The Labute approximate surface area is 205 Å². The van der Waals surface area contributed by atoms with E-state index in [0.29, 0.717) is 11.0 Å². The van der Waals surface area contributed by atoms with Crippen molar-refractivity contribution in [2.45, 2.75) is 26.4 Å². The summed E-state index contributed by atoms with van der Waals surface area (Å²) in [5.41, 5.74) is 1.90. The van der Waals surface area contributed by atoms with E-state index in [1.165, 1.54) is 41.5 Å². The van der Waals surface area contributed by atoms with Crippen LogP contribution in [0, 0.1) is 5.82 Å². The fraction of sp³-hybridized carbons (Fsp3) is 0.190. The number of nitrogens with zero attached hydrogens (tertiary/aromatic N) is 4. The Bertz CT molecular complexity index is 1230. The summed E-state index contributed by atoms with van der Waals surface area (Å²) in [5.74, 6) is -0.734. The summed E-state index contributed by atoms with van der Waals surface area (Å²) in [4.78, 5) is 42.3. The van der Waals surface area contributed by atoms with E-state index in [9.17, 15) is 14.0 Å². The van der Waals surface area contributed by atoms with Crippen LogP contribution >= 0.6 is 36.2 Å². The molecular weight excluding hydrogens is 490 g/mol. The van der Waals surface area contributed by atoms with E-state index in [1.807, 2.05) is 31.2 Å². The molecule has 1 atom stereocenters. The van der Waals surface area contributed by atoms with Gasteiger partial charge in [0.15, 0.2) is 0 Å². The van der Waals surface area contributed by atoms with Gasteiger partial charge in [-0.1, -0.05) is 12.1 Å². The number of amides is 2. The molecule has 4 aromatic rings. The van der Waals surface area contributed by atoms with Crippen molar-refractivity contribution < 1.29 is 14.0 Å². The fourth-order valence-electron chi connectivity index (χ4n) is 3.16. The zero-order valence-corrected chi connectivity index (χ0v) is 20.1. The third-order valence-corrected chi connectivity index (χ3v) is 5.71. The molecule has 3 aromatic heterocycles. The Morgan fingerprint density at radius 2 is 1.94 bits per heavy atom. The number of carbonyl (C=O) groups is 2. The molecule has 8 nitrogen and oxygen atoms in total. The molecular formula is C21H21Cl2FN6O2S. The molecule has 0 spiro atoms. The smallest absolute Gasteiger partial charge is 0.271 e. The highest BCUT2D eigenvalue weighted by atomic mass is 35.5. The number of rotatable bonds is 6. The first-order valence-electron chi connectivity index (χ1n) is 9.51. The maximum Gasteiger partial charge on any atom is 0.271 e. The Hall–Kier alpha value is -3.08. The summed E-state index contributed by atoms with van der Waals surface area (Å²) >= 11 is 1.26. The van der Waals surface area contributed by atoms with Crippen molar-refractivity contribution in [3.05, 3.63) is 70.2 Å². The number of aromatic nitrogens is 4. The molecule has 12 heteroatoms. The molecule has 1 aromatic carbocycles. The van der Waals surface area contributed by atoms with Crippen LogP contribution in [0.25, 0.3) is 11.0 Å². The van der Waals surface area contributed by atoms with Gasteiger partial charge in [0, 0.05) is 18.5 Å². The van der Waals surface area contributed by atoms with E-state index >= 15 is 0 Å². The lowest BCUT2D eigenvalue weighted by Crippen LogP contribution is -2.32. The van der Waals surface area contributed by atoms with E-state index in [4.69, 9.17) is 0 Å². The molecule has 0 saturated carbocycles. The number of imidazole rings is 1. The number of anilines is 1. The maximum absolute atomic E-state index is 13.7. The monoisotopic (exact) mass is 510 g/mol. The largest absolute Gasteiger partial charge is 0.345 e. The second-order valence-electron chi connectivity index (χ2n) is 6.83. The molecule has 2 amide bonds. The van der Waals surface area contributed by atoms with E-state index in [-0.39, 0.29) is 48.7 Å². The summed E-state index contributed by atoms with van der Waals surface area (Å²) in [6, 6.07) is 9.81. The molecule has 0 aliphatic heterocycles. The SMILES string of the molecule is CC(=O)N(c1nc2ccccc2[nH]1)C(C)c1nc(C(=O)NCc2ncccc2F)cs1.Cl.Cl. The third-order valence-electron chi connectivity index (χ3n) is 4.69. The van der Waals surface area contributed by atoms with Gasteiger partial charge in [-0.3, -0.25) is 19.5 Å². The van der Waals surface area contributed by atoms with Crippen LogP contribution in [0.2, 0.25) is 0 Å². The number of hydrogen-bond acceptors (Lipinski definition) is 6. The van der Waals surface area contributed by atoms with Crippen molar-refractivity contribution in [1.82, 2.24) is 25.3 Å². The van der Waals surface area contributed by atoms with Crippen molar-refractivity contribution in [3.8, 4) is 0 Å². The van der Waals surface area contributed by atoms with Gasteiger partial charge >= 0.3 is 0 Å². The average molecular weight is 511 g/mol. The topological polar surface area (TPSA) is 104 Å². The molecule has 4 rings (SSSR count). The first-order chi connectivity index (χ1) is 14.9. The number of fused-ring (bicyclic) bond motifs is 1. The van der Waals surface area contributed by atoms with Crippen molar-refractivity contribution in [2.75, 3.05) is 4.90 Å². The summed E-state index contributed by atoms with van der Waals surface area (Å²) in [6.45, 7) is 3.22. The van der Waals surface area contributed by atoms with Crippen molar-refractivity contribution >= 4 is 64.9 Å². The number of hydrogen-bond donors (Lipinski definition) is 2. The number of aromatic amines is 1. The lowest BCUT2D eigenvalue weighted by atomic mass is 10.3. The zero-order chi connectivity index (χ0) is 22.0. The predicted molar refractivity (Wildman–Crippen MR) is 130 cm³/mol. The Balaban J connectivity index is 0.00000193. The highest BCUT2D eigenvalue weighted by Crippen LogP contribution is 2.29. The minimum atomic E-state index is -0.488. The van der Waals surface area contributed by atoms with Gasteiger partial charge in [0.25, 0.3) is 5.91 Å². The summed E-state index contributed by atoms with van der Waals surface area (Å²) < 4.78 is 13.7. The zero-order valence-electron chi connectivity index (χ0n) is 17.6. The summed E-state index contributed by atoms with van der Waals surface area (Å²) in [6.07, 6.45) is 1.46. The van der Waals surface area contributed by atoms with Gasteiger partial charge in [0.05, 0.1) is 29.3 Å². The highest BCUT2D eigenvalue weighted by molar-refractivity contribution is 7.10. The third kappa shape index (κ3) is 5.65. The number of nitrogens with one attached hydrogen (secondary N) is 2. The number of H-pyrrole nitrogens is 1. The van der Waals surface area contributed by atoms with E-state index < -0.39 is 17.8 Å². The summed E-state index contributed by atoms with van der Waals surface area (Å²) in [7, 11) is 0. The molecule has 0 aliphatic rings. The minimum absolute atomic E-state index is 0. The second kappa shape index (κ2) is 11.2. The normalized spacial score (nSPS) is 11.2. The van der Waals surface area contributed by atoms with Gasteiger partial charge in [-0.2, -0.15) is 0 Å². The van der Waals surface area contributed by atoms with Gasteiger partial charge in [0.1, 0.15) is 16.5 Å². The second-order valence-corrected chi connectivity index (χ2v) is 7.72. The maximum atomic E-state index is 13.7. The van der Waals surface area contributed by atoms with Crippen LogP contribution in [0.15, 0.2) is 48.0 Å². The Kier molecular flexibility index (Phi) is 8.86. The predicted octanol–water partition coefficient (Wildman–Crippen LogP) is 4.44. The van der Waals surface area contributed by atoms with Crippen LogP contribution < -0.4 is 10.2 Å². The first-order valence-corrected chi connectivity index (χ1v) is 10.4. The van der Waals surface area contributed by atoms with Gasteiger partial charge in [0.2, 0.25) is 11.9 Å². The van der Waals surface area contributed by atoms with Crippen LogP contribution in [-0.2, 0) is 11.3 Å². The molecule has 174 valence electrons. The lowest BCUT2D eigenvalue weighted by Gasteiger charge is -2.23. The van der Waals surface area contributed by atoms with Gasteiger partial charge in [-0.15, -0.1) is 36.2 Å². The fourth-order valence-corrected chi connectivity index (χ4v) is 4.00. The molecule has 3 heterocycles. The number of thiazole rings is 1. The van der Waals surface area contributed by atoms with Crippen LogP contribution in [0.5, 0.6) is 0 Å². The Morgan fingerprint density at radius 3 is 2.64 bits per heavy atom. The van der Waals surface area contributed by atoms with Crippen molar-refractivity contribution in [1.29, 1.82) is 0 Å². The highest BCUT2D eigenvalue weighted by Gasteiger charge is 2.26. The molecule has 33 heavy (non-hydrogen) atoms. The average Bonchev–Trinajstić information content (AvgIpc) is 3.40. The lowest BCUT2D eigenvalue weighted by molar-refractivity contribution is -0.117. The number of carbonyl (C=O) groups excluding carboxylic acids is 2. The number of halogens is 3. The molecule has 0 fully saturated rings. The van der Waals surface area contributed by atoms with Crippen LogP contribution in [0.4, 0.5) is 10.3 Å². The van der Waals surface area contributed by atoms with Crippen molar-refractivity contribution in [2.24, 2.45) is 0 Å². The van der Waals surface area contributed by atoms with E-state index in [1.54, 1.807) is 5.38 Å². The molecule has 2 N–H and O–H groups in total. The van der Waals surface area contributed by atoms with E-state index in [0.717, 1.165) is 11.0 Å². The summed E-state index contributed by atoms with van der Waals surface area (Å²) in [5, 5.41) is 4.79. The van der Waals surface area contributed by atoms with Gasteiger partial charge < -0.3 is 10.3 Å². The molecule has 0 saturated heterocycles. The van der Waals surface area contributed by atoms with Crippen LogP contribution in [0.3, 0.4) is 0 Å². The van der Waals surface area contributed by atoms with Crippen molar-refractivity contribution in [3.63, 3.8) is 0 Å². The number of pyridine rings is 1. The molecule has 0 bridgehead atoms. The molecule has 0 radical (unpaired) electrons. The molecule has 0 aliphatic carbocycles. The Morgan fingerprint density at radius 1 is 1.18 bits per heavy atom. The standard InChI is InChI=1S/C21H19FN6O2S.2ClH/c1-12(28(13(2)29)21-26-15-7-3-4-8-16(15)27-21)20-25-18(11-31-20)19(30)24-10-17-14(22)6-5-9-23-17;;/h3-9,11-12H,10H2,1-2H3,(H,24,30)(H,26,27);2*1H. The number of para-hydroxylation sites is 2. The number of benzene rings is 1. The van der Waals surface area contributed by atoms with E-state index in [2.05, 4.69) is 25.3 Å². The quantitative estimate of drug-likeness (QED) is 0.399. The van der Waals surface area contributed by atoms with Gasteiger partial charge in [-0.25, -0.2) is 14.4 Å². The first kappa shape index (κ1) is 26.2. The minimum Gasteiger partial charge on any atom is -0.345 e. The van der Waals surface area contributed by atoms with Crippen LogP contribution in [-0.4, -0.2) is 31.8 Å². The molecule has 1 unspecified atom stereocenters.